The van der Waals surface area contributed by atoms with Gasteiger partial charge in [-0.2, -0.15) is 0 Å². The number of aromatic hydroxyl groups is 1. The second kappa shape index (κ2) is 8.45. The average Bonchev–Trinajstić information content (AvgIpc) is 3.28. The van der Waals surface area contributed by atoms with Crippen LogP contribution in [0.5, 0.6) is 11.7 Å². The summed E-state index contributed by atoms with van der Waals surface area (Å²) < 4.78 is 11.9. The first-order valence-electron chi connectivity index (χ1n) is 9.65. The number of para-hydroxylation sites is 1. The van der Waals surface area contributed by atoms with E-state index in [0.717, 1.165) is 5.56 Å². The largest absolute Gasteiger partial charge is 0.508 e. The van der Waals surface area contributed by atoms with E-state index in [0.29, 0.717) is 31.6 Å². The quantitative estimate of drug-likeness (QED) is 0.349. The topological polar surface area (TPSA) is 85.5 Å². The van der Waals surface area contributed by atoms with Gasteiger partial charge >= 0.3 is 0 Å². The van der Waals surface area contributed by atoms with E-state index >= 15 is 0 Å². The van der Waals surface area contributed by atoms with Crippen LogP contribution in [-0.2, 0) is 6.61 Å². The summed E-state index contributed by atoms with van der Waals surface area (Å²) in [7, 11) is 0. The van der Waals surface area contributed by atoms with Crippen molar-refractivity contribution in [1.82, 2.24) is 10.2 Å². The van der Waals surface area contributed by atoms with Crippen LogP contribution in [0.1, 0.15) is 5.01 Å². The van der Waals surface area contributed by atoms with Crippen molar-refractivity contribution in [3.05, 3.63) is 93.0 Å². The number of nitrogens with zero attached hydrogens (tertiary/aromatic N) is 2. The molecule has 0 aliphatic heterocycles. The minimum Gasteiger partial charge on any atom is -0.508 e. The summed E-state index contributed by atoms with van der Waals surface area (Å²) in [5.74, 6) is 0.177. The van der Waals surface area contributed by atoms with Gasteiger partial charge in [-0.15, -0.1) is 10.2 Å². The number of hydrogen-bond donors (Lipinski definition) is 1. The van der Waals surface area contributed by atoms with Gasteiger partial charge in [-0.05, 0) is 35.9 Å². The molecule has 0 saturated heterocycles. The molecule has 0 spiro atoms. The summed E-state index contributed by atoms with van der Waals surface area (Å²) in [5.41, 5.74) is 1.84. The maximum absolute atomic E-state index is 13.2. The summed E-state index contributed by atoms with van der Waals surface area (Å²) in [5, 5.41) is 20.3. The van der Waals surface area contributed by atoms with Crippen LogP contribution < -0.4 is 10.2 Å². The van der Waals surface area contributed by atoms with Crippen molar-refractivity contribution in [3.8, 4) is 33.4 Å². The van der Waals surface area contributed by atoms with Gasteiger partial charge in [0.15, 0.2) is 5.01 Å². The molecule has 158 valence electrons. The van der Waals surface area contributed by atoms with Crippen molar-refractivity contribution in [1.29, 1.82) is 0 Å². The van der Waals surface area contributed by atoms with Crippen LogP contribution in [0.2, 0.25) is 5.02 Å². The van der Waals surface area contributed by atoms with Crippen LogP contribution in [0.3, 0.4) is 0 Å². The minimum absolute atomic E-state index is 0.0640. The predicted molar refractivity (Wildman–Crippen MR) is 124 cm³/mol. The SMILES string of the molecule is O=c1c(-c2ccc(O)cc2)c(OCc2nnc(-c3ccccc3Cl)s2)oc2ccccc12. The van der Waals surface area contributed by atoms with Crippen LogP contribution in [0.15, 0.2) is 82.0 Å². The molecule has 0 atom stereocenters. The van der Waals surface area contributed by atoms with E-state index in [9.17, 15) is 9.90 Å². The minimum atomic E-state index is -0.221. The maximum atomic E-state index is 13.2. The second-order valence-electron chi connectivity index (χ2n) is 6.91. The van der Waals surface area contributed by atoms with Crippen molar-refractivity contribution in [2.24, 2.45) is 0 Å². The Bertz CT molecular complexity index is 1480. The van der Waals surface area contributed by atoms with E-state index in [1.54, 1.807) is 42.5 Å². The first-order valence-corrected chi connectivity index (χ1v) is 10.8. The molecule has 5 aromatic rings. The second-order valence-corrected chi connectivity index (χ2v) is 8.38. The summed E-state index contributed by atoms with van der Waals surface area (Å²) >= 11 is 7.60. The molecule has 0 bridgehead atoms. The van der Waals surface area contributed by atoms with E-state index in [1.165, 1.54) is 23.5 Å². The van der Waals surface area contributed by atoms with Crippen LogP contribution >= 0.6 is 22.9 Å². The average molecular weight is 463 g/mol. The number of hydrogen-bond acceptors (Lipinski definition) is 7. The molecule has 0 saturated carbocycles. The number of fused-ring (bicyclic) bond motifs is 1. The highest BCUT2D eigenvalue weighted by atomic mass is 35.5. The number of phenols is 1. The molecule has 0 unspecified atom stereocenters. The molecule has 2 heterocycles. The fraction of sp³-hybridized carbons (Fsp3) is 0.0417. The molecule has 6 nitrogen and oxygen atoms in total. The highest BCUT2D eigenvalue weighted by Gasteiger charge is 2.19. The van der Waals surface area contributed by atoms with E-state index in [-0.39, 0.29) is 29.3 Å². The van der Waals surface area contributed by atoms with E-state index in [1.807, 2.05) is 18.2 Å². The van der Waals surface area contributed by atoms with Crippen LogP contribution in [0, 0.1) is 0 Å². The Morgan fingerprint density at radius 3 is 2.53 bits per heavy atom. The Labute approximate surface area is 191 Å². The number of rotatable bonds is 5. The van der Waals surface area contributed by atoms with E-state index in [2.05, 4.69) is 10.2 Å². The zero-order valence-electron chi connectivity index (χ0n) is 16.5. The smallest absolute Gasteiger partial charge is 0.297 e. The number of benzene rings is 3. The van der Waals surface area contributed by atoms with E-state index < -0.39 is 0 Å². The standard InChI is InChI=1S/C24H15ClN2O4S/c25-18-7-3-1-5-16(18)23-27-26-20(32-23)13-30-24-21(14-9-11-15(28)12-10-14)22(29)17-6-2-4-8-19(17)31-24/h1-12,28H,13H2. The molecule has 2 aromatic heterocycles. The van der Waals surface area contributed by atoms with Crippen LogP contribution in [0.25, 0.3) is 32.7 Å². The predicted octanol–water partition coefficient (Wildman–Crippen LogP) is 5.92. The molecule has 32 heavy (non-hydrogen) atoms. The number of phenolic OH excluding ortho intramolecular Hbond substituents is 1. The van der Waals surface area contributed by atoms with Gasteiger partial charge in [0.25, 0.3) is 5.95 Å². The third-order valence-electron chi connectivity index (χ3n) is 4.82. The van der Waals surface area contributed by atoms with Gasteiger partial charge in [-0.3, -0.25) is 4.79 Å². The lowest BCUT2D eigenvalue weighted by atomic mass is 10.0. The zero-order chi connectivity index (χ0) is 22.1. The van der Waals surface area contributed by atoms with Crippen molar-refractivity contribution >= 4 is 33.9 Å². The van der Waals surface area contributed by atoms with Gasteiger partial charge < -0.3 is 14.3 Å². The van der Waals surface area contributed by atoms with Crippen molar-refractivity contribution in [3.63, 3.8) is 0 Å². The lowest BCUT2D eigenvalue weighted by Crippen LogP contribution is -2.08. The molecule has 3 aromatic carbocycles. The molecular weight excluding hydrogens is 448 g/mol. The van der Waals surface area contributed by atoms with Crippen LogP contribution in [-0.4, -0.2) is 15.3 Å². The van der Waals surface area contributed by atoms with Gasteiger partial charge in [0.2, 0.25) is 5.43 Å². The zero-order valence-corrected chi connectivity index (χ0v) is 18.1. The normalized spacial score (nSPS) is 11.0. The molecule has 5 rings (SSSR count). The molecule has 1 N–H and O–H groups in total. The van der Waals surface area contributed by atoms with Gasteiger partial charge in [-0.25, -0.2) is 0 Å². The van der Waals surface area contributed by atoms with Crippen molar-refractivity contribution in [2.75, 3.05) is 0 Å². The Hall–Kier alpha value is -3.68. The van der Waals surface area contributed by atoms with E-state index in [4.69, 9.17) is 20.8 Å². The molecule has 0 aliphatic rings. The van der Waals surface area contributed by atoms with Gasteiger partial charge in [-0.1, -0.05) is 65.4 Å². The van der Waals surface area contributed by atoms with Crippen LogP contribution in [0.4, 0.5) is 0 Å². The third kappa shape index (κ3) is 3.84. The molecule has 0 amide bonds. The third-order valence-corrected chi connectivity index (χ3v) is 6.08. The first kappa shape index (κ1) is 20.2. The lowest BCUT2D eigenvalue weighted by molar-refractivity contribution is 0.236. The molecule has 0 radical (unpaired) electrons. The first-order chi connectivity index (χ1) is 15.6. The Balaban J connectivity index is 1.52. The Morgan fingerprint density at radius 1 is 0.969 bits per heavy atom. The summed E-state index contributed by atoms with van der Waals surface area (Å²) in [6.45, 7) is 0.0640. The molecule has 0 fully saturated rings. The summed E-state index contributed by atoms with van der Waals surface area (Å²) in [6.07, 6.45) is 0. The fourth-order valence-corrected chi connectivity index (χ4v) is 4.36. The highest BCUT2D eigenvalue weighted by molar-refractivity contribution is 7.14. The summed E-state index contributed by atoms with van der Waals surface area (Å²) in [4.78, 5) is 13.2. The summed E-state index contributed by atoms with van der Waals surface area (Å²) in [6, 6.07) is 20.7. The Morgan fingerprint density at radius 2 is 1.72 bits per heavy atom. The number of aromatic nitrogens is 2. The van der Waals surface area contributed by atoms with Gasteiger partial charge in [0, 0.05) is 5.56 Å². The monoisotopic (exact) mass is 462 g/mol. The lowest BCUT2D eigenvalue weighted by Gasteiger charge is -2.10. The molecular formula is C24H15ClN2O4S. The highest BCUT2D eigenvalue weighted by Crippen LogP contribution is 2.33. The number of halogens is 1. The molecule has 0 aliphatic carbocycles. The fourth-order valence-electron chi connectivity index (χ4n) is 3.28. The van der Waals surface area contributed by atoms with Crippen molar-refractivity contribution in [2.45, 2.75) is 6.61 Å². The van der Waals surface area contributed by atoms with Gasteiger partial charge in [0.1, 0.15) is 28.5 Å². The maximum Gasteiger partial charge on any atom is 0.297 e. The molecule has 8 heteroatoms. The number of ether oxygens (including phenoxy) is 1. The Kier molecular flexibility index (Phi) is 5.34. The van der Waals surface area contributed by atoms with Gasteiger partial charge in [0.05, 0.1) is 10.4 Å². The van der Waals surface area contributed by atoms with Crippen molar-refractivity contribution < 1.29 is 14.3 Å².